The van der Waals surface area contributed by atoms with E-state index in [-0.39, 0.29) is 6.10 Å². The third-order valence-corrected chi connectivity index (χ3v) is 4.66. The second-order valence-electron chi connectivity index (χ2n) is 6.10. The summed E-state index contributed by atoms with van der Waals surface area (Å²) in [5.41, 5.74) is 1.27. The van der Waals surface area contributed by atoms with E-state index in [9.17, 15) is 5.11 Å². The summed E-state index contributed by atoms with van der Waals surface area (Å²) in [6, 6.07) is 6.24. The number of methoxy groups -OCH3 is 1. The average molecular weight is 276 g/mol. The minimum atomic E-state index is -0.138. The second kappa shape index (κ2) is 6.04. The molecule has 0 aromatic heterocycles. The van der Waals surface area contributed by atoms with Crippen LogP contribution < -0.4 is 9.47 Å². The monoisotopic (exact) mass is 276 g/mol. The van der Waals surface area contributed by atoms with Gasteiger partial charge in [-0.1, -0.05) is 6.07 Å². The minimum Gasteiger partial charge on any atom is -0.493 e. The topological polar surface area (TPSA) is 38.7 Å². The Kier molecular flexibility index (Phi) is 4.16. The van der Waals surface area contributed by atoms with E-state index in [2.05, 4.69) is 12.1 Å². The van der Waals surface area contributed by atoms with Crippen molar-refractivity contribution in [2.24, 2.45) is 0 Å². The summed E-state index contributed by atoms with van der Waals surface area (Å²) in [6.45, 7) is 0. The van der Waals surface area contributed by atoms with E-state index in [0.717, 1.165) is 43.6 Å². The van der Waals surface area contributed by atoms with Crippen LogP contribution in [0.3, 0.4) is 0 Å². The lowest BCUT2D eigenvalue weighted by molar-refractivity contribution is 0.181. The molecule has 20 heavy (non-hydrogen) atoms. The lowest BCUT2D eigenvalue weighted by atomic mass is 9.97. The van der Waals surface area contributed by atoms with Gasteiger partial charge in [-0.3, -0.25) is 0 Å². The molecular formula is C17H24O3. The van der Waals surface area contributed by atoms with E-state index >= 15 is 0 Å². The standard InChI is InChI=1S/C17H24O3/c1-19-16-9-7-13(12-6-8-14(18)10-12)11-17(16)20-15-4-2-3-5-15/h7,9,11-12,14-15,18H,2-6,8,10H2,1H3/t12-,14-/m0/s1. The van der Waals surface area contributed by atoms with Crippen molar-refractivity contribution in [3.8, 4) is 11.5 Å². The summed E-state index contributed by atoms with van der Waals surface area (Å²) < 4.78 is 11.6. The Hall–Kier alpha value is -1.22. The number of benzene rings is 1. The Labute approximate surface area is 120 Å². The molecule has 0 bridgehead atoms. The molecule has 0 saturated heterocycles. The molecular weight excluding hydrogens is 252 g/mol. The van der Waals surface area contributed by atoms with Gasteiger partial charge in [0, 0.05) is 0 Å². The molecule has 3 heteroatoms. The van der Waals surface area contributed by atoms with Gasteiger partial charge in [0.1, 0.15) is 0 Å². The van der Waals surface area contributed by atoms with Crippen LogP contribution in [0.15, 0.2) is 18.2 Å². The number of hydrogen-bond acceptors (Lipinski definition) is 3. The van der Waals surface area contributed by atoms with Gasteiger partial charge in [0.2, 0.25) is 0 Å². The van der Waals surface area contributed by atoms with Crippen molar-refractivity contribution in [3.05, 3.63) is 23.8 Å². The molecule has 0 heterocycles. The molecule has 3 rings (SSSR count). The molecule has 110 valence electrons. The summed E-state index contributed by atoms with van der Waals surface area (Å²) in [7, 11) is 1.69. The third-order valence-electron chi connectivity index (χ3n) is 4.66. The minimum absolute atomic E-state index is 0.138. The third kappa shape index (κ3) is 2.93. The Balaban J connectivity index is 1.78. The van der Waals surface area contributed by atoms with Crippen molar-refractivity contribution in [2.45, 2.75) is 63.1 Å². The van der Waals surface area contributed by atoms with Gasteiger partial charge in [0.15, 0.2) is 11.5 Å². The van der Waals surface area contributed by atoms with Crippen molar-refractivity contribution < 1.29 is 14.6 Å². The summed E-state index contributed by atoms with van der Waals surface area (Å²) in [4.78, 5) is 0. The Morgan fingerprint density at radius 3 is 2.50 bits per heavy atom. The predicted octanol–water partition coefficient (Wildman–Crippen LogP) is 3.65. The van der Waals surface area contributed by atoms with Crippen LogP contribution in [-0.2, 0) is 0 Å². The maximum Gasteiger partial charge on any atom is 0.161 e. The van der Waals surface area contributed by atoms with E-state index in [1.54, 1.807) is 7.11 Å². The molecule has 2 atom stereocenters. The zero-order valence-corrected chi connectivity index (χ0v) is 12.2. The van der Waals surface area contributed by atoms with Crippen molar-refractivity contribution in [1.82, 2.24) is 0 Å². The van der Waals surface area contributed by atoms with Gasteiger partial charge in [0.05, 0.1) is 19.3 Å². The number of aliphatic hydroxyl groups is 1. The molecule has 0 amide bonds. The molecule has 2 saturated carbocycles. The highest BCUT2D eigenvalue weighted by Crippen LogP contribution is 2.39. The Morgan fingerprint density at radius 2 is 1.85 bits per heavy atom. The number of hydrogen-bond donors (Lipinski definition) is 1. The highest BCUT2D eigenvalue weighted by molar-refractivity contribution is 5.44. The normalized spacial score (nSPS) is 26.9. The fourth-order valence-electron chi connectivity index (χ4n) is 3.49. The summed E-state index contributed by atoms with van der Waals surface area (Å²) in [5, 5.41) is 9.70. The first-order chi connectivity index (χ1) is 9.76. The molecule has 1 aromatic rings. The average Bonchev–Trinajstić information content (AvgIpc) is 3.10. The smallest absolute Gasteiger partial charge is 0.161 e. The van der Waals surface area contributed by atoms with Gasteiger partial charge < -0.3 is 14.6 Å². The van der Waals surface area contributed by atoms with Crippen LogP contribution in [0.5, 0.6) is 11.5 Å². The molecule has 2 aliphatic carbocycles. The first kappa shape index (κ1) is 13.7. The van der Waals surface area contributed by atoms with Gasteiger partial charge in [-0.25, -0.2) is 0 Å². The van der Waals surface area contributed by atoms with Gasteiger partial charge in [-0.2, -0.15) is 0 Å². The second-order valence-corrected chi connectivity index (χ2v) is 6.10. The fraction of sp³-hybridized carbons (Fsp3) is 0.647. The maximum absolute atomic E-state index is 9.70. The van der Waals surface area contributed by atoms with Crippen LogP contribution in [0.25, 0.3) is 0 Å². The molecule has 1 N–H and O–H groups in total. The van der Waals surface area contributed by atoms with Crippen molar-refractivity contribution in [1.29, 1.82) is 0 Å². The van der Waals surface area contributed by atoms with Crippen molar-refractivity contribution >= 4 is 0 Å². The lowest BCUT2D eigenvalue weighted by Gasteiger charge is -2.18. The molecule has 1 aromatic carbocycles. The maximum atomic E-state index is 9.70. The summed E-state index contributed by atoms with van der Waals surface area (Å²) in [6.07, 6.45) is 7.88. The molecule has 0 unspecified atom stereocenters. The van der Waals surface area contributed by atoms with E-state index in [1.807, 2.05) is 6.07 Å². The van der Waals surface area contributed by atoms with Crippen molar-refractivity contribution in [2.75, 3.05) is 7.11 Å². The van der Waals surface area contributed by atoms with Crippen molar-refractivity contribution in [3.63, 3.8) is 0 Å². The predicted molar refractivity (Wildman–Crippen MR) is 78.5 cm³/mol. The lowest BCUT2D eigenvalue weighted by Crippen LogP contribution is -2.12. The van der Waals surface area contributed by atoms with Crippen LogP contribution in [0, 0.1) is 0 Å². The highest BCUT2D eigenvalue weighted by atomic mass is 16.5. The van der Waals surface area contributed by atoms with Crippen LogP contribution in [0.4, 0.5) is 0 Å². The van der Waals surface area contributed by atoms with Gasteiger partial charge >= 0.3 is 0 Å². The molecule has 0 aliphatic heterocycles. The van der Waals surface area contributed by atoms with Crippen LogP contribution in [0.2, 0.25) is 0 Å². The van der Waals surface area contributed by atoms with E-state index in [4.69, 9.17) is 9.47 Å². The molecule has 0 radical (unpaired) electrons. The SMILES string of the molecule is COc1ccc([C@H]2CC[C@H](O)C2)cc1OC1CCCC1. The fourth-order valence-corrected chi connectivity index (χ4v) is 3.49. The number of ether oxygens (including phenoxy) is 2. The molecule has 2 fully saturated rings. The summed E-state index contributed by atoms with van der Waals surface area (Å²) in [5.74, 6) is 2.15. The molecule has 2 aliphatic rings. The van der Waals surface area contributed by atoms with Crippen LogP contribution in [-0.4, -0.2) is 24.4 Å². The van der Waals surface area contributed by atoms with Gasteiger partial charge in [0.25, 0.3) is 0 Å². The number of rotatable bonds is 4. The first-order valence-electron chi connectivity index (χ1n) is 7.79. The van der Waals surface area contributed by atoms with Crippen LogP contribution in [0.1, 0.15) is 56.4 Å². The first-order valence-corrected chi connectivity index (χ1v) is 7.79. The van der Waals surface area contributed by atoms with E-state index in [0.29, 0.717) is 12.0 Å². The van der Waals surface area contributed by atoms with Gasteiger partial charge in [-0.05, 0) is 68.6 Å². The molecule has 0 spiro atoms. The van der Waals surface area contributed by atoms with Gasteiger partial charge in [-0.15, -0.1) is 0 Å². The number of aliphatic hydroxyl groups excluding tert-OH is 1. The Morgan fingerprint density at radius 1 is 1.05 bits per heavy atom. The summed E-state index contributed by atoms with van der Waals surface area (Å²) >= 11 is 0. The quantitative estimate of drug-likeness (QED) is 0.912. The van der Waals surface area contributed by atoms with E-state index in [1.165, 1.54) is 18.4 Å². The Bertz CT molecular complexity index is 452. The zero-order valence-electron chi connectivity index (χ0n) is 12.2. The zero-order chi connectivity index (χ0) is 13.9. The highest BCUT2D eigenvalue weighted by Gasteiger charge is 2.25. The van der Waals surface area contributed by atoms with E-state index < -0.39 is 0 Å². The molecule has 3 nitrogen and oxygen atoms in total. The van der Waals surface area contributed by atoms with Crippen LogP contribution >= 0.6 is 0 Å². The largest absolute Gasteiger partial charge is 0.493 e.